The highest BCUT2D eigenvalue weighted by Gasteiger charge is 2.01. The van der Waals surface area contributed by atoms with Gasteiger partial charge in [0.25, 0.3) is 0 Å². The lowest BCUT2D eigenvalue weighted by Gasteiger charge is -2.14. The number of rotatable bonds is 3. The largest absolute Gasteiger partial charge is 0.289 e. The minimum absolute atomic E-state index is 0.577. The van der Waals surface area contributed by atoms with Crippen molar-refractivity contribution in [3.63, 3.8) is 0 Å². The van der Waals surface area contributed by atoms with Crippen LogP contribution in [0.4, 0.5) is 0 Å². The first-order chi connectivity index (χ1) is 6.13. The number of hydrogen-bond acceptors (Lipinski definition) is 1. The van der Waals surface area contributed by atoms with Gasteiger partial charge in [0.05, 0.1) is 6.00 Å². The molecule has 0 heterocycles. The number of halogens is 1. The van der Waals surface area contributed by atoms with E-state index in [9.17, 15) is 0 Å². The van der Waals surface area contributed by atoms with Crippen molar-refractivity contribution in [2.75, 3.05) is 13.1 Å². The van der Waals surface area contributed by atoms with Crippen LogP contribution in [0.15, 0.2) is 18.2 Å². The van der Waals surface area contributed by atoms with Gasteiger partial charge in [-0.2, -0.15) is 0 Å². The van der Waals surface area contributed by atoms with E-state index in [1.54, 1.807) is 0 Å². The highest BCUT2D eigenvalue weighted by Crippen LogP contribution is 2.12. The fourth-order valence-electron chi connectivity index (χ4n) is 1.36. The summed E-state index contributed by atoms with van der Waals surface area (Å²) < 4.78 is 0. The Morgan fingerprint density at radius 1 is 1.31 bits per heavy atom. The molecule has 0 aliphatic rings. The highest BCUT2D eigenvalue weighted by molar-refractivity contribution is 6.17. The van der Waals surface area contributed by atoms with Gasteiger partial charge in [-0.05, 0) is 32.0 Å². The first kappa shape index (κ1) is 10.6. The summed E-state index contributed by atoms with van der Waals surface area (Å²) in [5.41, 5.74) is 4.01. The maximum Gasteiger partial charge on any atom is 0.0738 e. The average molecular weight is 198 g/mol. The summed E-state index contributed by atoms with van der Waals surface area (Å²) in [5, 5.41) is 0. The van der Waals surface area contributed by atoms with E-state index in [-0.39, 0.29) is 0 Å². The third-order valence-corrected chi connectivity index (χ3v) is 2.55. The zero-order valence-corrected chi connectivity index (χ0v) is 9.23. The van der Waals surface area contributed by atoms with Crippen LogP contribution < -0.4 is 0 Å². The molecule has 0 amide bonds. The molecule has 0 N–H and O–H groups in total. The topological polar surface area (TPSA) is 3.24 Å². The lowest BCUT2D eigenvalue weighted by atomic mass is 10.1. The second-order valence-corrected chi connectivity index (χ2v) is 3.80. The van der Waals surface area contributed by atoms with Crippen molar-refractivity contribution < 1.29 is 0 Å². The summed E-state index contributed by atoms with van der Waals surface area (Å²) in [7, 11) is 2.02. The van der Waals surface area contributed by atoms with Gasteiger partial charge in [0.2, 0.25) is 0 Å². The lowest BCUT2D eigenvalue weighted by Crippen LogP contribution is -2.16. The first-order valence-corrected chi connectivity index (χ1v) is 4.97. The molecule has 72 valence electrons. The van der Waals surface area contributed by atoms with Crippen molar-refractivity contribution in [3.8, 4) is 0 Å². The third kappa shape index (κ3) is 3.02. The minimum Gasteiger partial charge on any atom is -0.289 e. The first-order valence-electron chi connectivity index (χ1n) is 4.44. The Morgan fingerprint density at radius 2 is 2.00 bits per heavy atom. The molecule has 0 radical (unpaired) electrons. The second kappa shape index (κ2) is 4.64. The summed E-state index contributed by atoms with van der Waals surface area (Å²) in [6, 6.07) is 7.10. The van der Waals surface area contributed by atoms with Crippen LogP contribution >= 0.6 is 11.6 Å². The van der Waals surface area contributed by atoms with Crippen LogP contribution in [0.3, 0.4) is 0 Å². The number of aryl methyl sites for hydroxylation is 2. The van der Waals surface area contributed by atoms with E-state index in [1.165, 1.54) is 16.7 Å². The predicted molar refractivity (Wildman–Crippen MR) is 58.1 cm³/mol. The SMILES string of the molecule is Cc1ccc(CN(C)CCl)c(C)c1. The summed E-state index contributed by atoms with van der Waals surface area (Å²) in [5.74, 6) is 0. The number of alkyl halides is 1. The molecule has 0 bridgehead atoms. The van der Waals surface area contributed by atoms with Crippen molar-refractivity contribution in [1.29, 1.82) is 0 Å². The van der Waals surface area contributed by atoms with E-state index in [0.717, 1.165) is 6.54 Å². The minimum atomic E-state index is 0.577. The molecular formula is C11H16ClN. The van der Waals surface area contributed by atoms with Crippen molar-refractivity contribution in [2.24, 2.45) is 0 Å². The standard InChI is InChI=1S/C11H16ClN/c1-9-4-5-11(10(2)6-9)7-13(3)8-12/h4-6H,7-8H2,1-3H3. The molecular weight excluding hydrogens is 182 g/mol. The van der Waals surface area contributed by atoms with Crippen molar-refractivity contribution >= 4 is 11.6 Å². The Balaban J connectivity index is 2.77. The van der Waals surface area contributed by atoms with Crippen LogP contribution in [0.2, 0.25) is 0 Å². The van der Waals surface area contributed by atoms with Gasteiger partial charge < -0.3 is 0 Å². The van der Waals surface area contributed by atoms with Gasteiger partial charge in [-0.1, -0.05) is 23.8 Å². The Kier molecular flexibility index (Phi) is 3.76. The zero-order valence-electron chi connectivity index (χ0n) is 8.47. The van der Waals surface area contributed by atoms with Crippen LogP contribution in [0, 0.1) is 13.8 Å². The van der Waals surface area contributed by atoms with E-state index < -0.39 is 0 Å². The summed E-state index contributed by atoms with van der Waals surface area (Å²) >= 11 is 5.71. The summed E-state index contributed by atoms with van der Waals surface area (Å²) in [6.07, 6.45) is 0. The highest BCUT2D eigenvalue weighted by atomic mass is 35.5. The van der Waals surface area contributed by atoms with Gasteiger partial charge in [-0.3, -0.25) is 4.90 Å². The Labute approximate surface area is 85.3 Å². The van der Waals surface area contributed by atoms with Crippen molar-refractivity contribution in [1.82, 2.24) is 4.90 Å². The quantitative estimate of drug-likeness (QED) is 0.532. The zero-order chi connectivity index (χ0) is 9.84. The molecule has 0 saturated heterocycles. The molecule has 0 saturated carbocycles. The van der Waals surface area contributed by atoms with E-state index >= 15 is 0 Å². The lowest BCUT2D eigenvalue weighted by molar-refractivity contribution is 0.381. The molecule has 0 aliphatic carbocycles. The maximum absolute atomic E-state index is 5.71. The van der Waals surface area contributed by atoms with Gasteiger partial charge in [0, 0.05) is 6.54 Å². The molecule has 1 rings (SSSR count). The smallest absolute Gasteiger partial charge is 0.0738 e. The molecule has 1 nitrogen and oxygen atoms in total. The molecule has 13 heavy (non-hydrogen) atoms. The molecule has 1 aromatic rings. The van der Waals surface area contributed by atoms with Crippen LogP contribution in [0.5, 0.6) is 0 Å². The van der Waals surface area contributed by atoms with Crippen LogP contribution in [-0.4, -0.2) is 18.0 Å². The van der Waals surface area contributed by atoms with E-state index in [1.807, 2.05) is 7.05 Å². The van der Waals surface area contributed by atoms with Gasteiger partial charge in [-0.15, -0.1) is 11.6 Å². The number of hydrogen-bond donors (Lipinski definition) is 0. The van der Waals surface area contributed by atoms with Gasteiger partial charge >= 0.3 is 0 Å². The van der Waals surface area contributed by atoms with Crippen LogP contribution in [-0.2, 0) is 6.54 Å². The Hall–Kier alpha value is -0.530. The Morgan fingerprint density at radius 3 is 2.54 bits per heavy atom. The number of benzene rings is 1. The van der Waals surface area contributed by atoms with Crippen molar-refractivity contribution in [2.45, 2.75) is 20.4 Å². The predicted octanol–water partition coefficient (Wildman–Crippen LogP) is 2.93. The third-order valence-electron chi connectivity index (χ3n) is 2.14. The van der Waals surface area contributed by atoms with Gasteiger partial charge in [0.15, 0.2) is 0 Å². The molecule has 2 heteroatoms. The molecule has 0 fully saturated rings. The molecule has 0 unspecified atom stereocenters. The van der Waals surface area contributed by atoms with Gasteiger partial charge in [-0.25, -0.2) is 0 Å². The monoisotopic (exact) mass is 197 g/mol. The maximum atomic E-state index is 5.71. The van der Waals surface area contributed by atoms with Gasteiger partial charge in [0.1, 0.15) is 0 Å². The normalized spacial score (nSPS) is 10.8. The average Bonchev–Trinajstić information content (AvgIpc) is 2.09. The molecule has 0 aromatic heterocycles. The molecule has 1 aromatic carbocycles. The van der Waals surface area contributed by atoms with Crippen LogP contribution in [0.1, 0.15) is 16.7 Å². The van der Waals surface area contributed by atoms with E-state index in [2.05, 4.69) is 36.9 Å². The van der Waals surface area contributed by atoms with E-state index in [0.29, 0.717) is 6.00 Å². The molecule has 0 aliphatic heterocycles. The van der Waals surface area contributed by atoms with Crippen molar-refractivity contribution in [3.05, 3.63) is 34.9 Å². The Bertz CT molecular complexity index is 283. The molecule has 0 atom stereocenters. The fourth-order valence-corrected chi connectivity index (χ4v) is 1.44. The summed E-state index contributed by atoms with van der Waals surface area (Å²) in [6.45, 7) is 5.18. The number of nitrogens with zero attached hydrogens (tertiary/aromatic N) is 1. The van der Waals surface area contributed by atoms with E-state index in [4.69, 9.17) is 11.6 Å². The molecule has 0 spiro atoms. The fraction of sp³-hybridized carbons (Fsp3) is 0.455. The summed E-state index contributed by atoms with van der Waals surface area (Å²) in [4.78, 5) is 2.08. The second-order valence-electron chi connectivity index (χ2n) is 3.56. The van der Waals surface area contributed by atoms with Crippen LogP contribution in [0.25, 0.3) is 0 Å².